The first-order valence-electron chi connectivity index (χ1n) is 15.5. The zero-order valence-electron chi connectivity index (χ0n) is 25.5. The molecule has 0 atom stereocenters. The Balaban J connectivity index is 1.22. The molecule has 3 heterocycles. The summed E-state index contributed by atoms with van der Waals surface area (Å²) in [4.78, 5) is 22.5. The molecule has 8 heteroatoms. The molecule has 7 nitrogen and oxygen atoms in total. The van der Waals surface area contributed by atoms with E-state index in [0.29, 0.717) is 19.7 Å². The van der Waals surface area contributed by atoms with Crippen LogP contribution in [0.3, 0.4) is 0 Å². The lowest BCUT2D eigenvalue weighted by atomic mass is 10.1. The molecule has 0 unspecified atom stereocenters. The van der Waals surface area contributed by atoms with Crippen molar-refractivity contribution in [3.63, 3.8) is 0 Å². The van der Waals surface area contributed by atoms with Crippen molar-refractivity contribution in [2.45, 2.75) is 33.2 Å². The van der Waals surface area contributed by atoms with Gasteiger partial charge in [-0.25, -0.2) is 4.39 Å². The molecule has 1 aromatic heterocycles. The summed E-state index contributed by atoms with van der Waals surface area (Å²) in [5, 5.41) is 1.13. The quantitative estimate of drug-likeness (QED) is 0.315. The van der Waals surface area contributed by atoms with Crippen LogP contribution in [-0.4, -0.2) is 109 Å². The predicted octanol–water partition coefficient (Wildman–Crippen LogP) is 4.53. The topological polar surface area (TPSA) is 44.2 Å². The summed E-state index contributed by atoms with van der Waals surface area (Å²) in [6, 6.07) is 13.1. The first kappa shape index (κ1) is 30.3. The van der Waals surface area contributed by atoms with Gasteiger partial charge >= 0.3 is 0 Å². The predicted molar refractivity (Wildman–Crippen MR) is 169 cm³/mol. The largest absolute Gasteiger partial charge is 0.494 e. The Kier molecular flexibility index (Phi) is 10.3. The van der Waals surface area contributed by atoms with Crippen molar-refractivity contribution in [1.29, 1.82) is 0 Å². The van der Waals surface area contributed by atoms with E-state index in [9.17, 15) is 9.18 Å². The number of carbonyl (C=O) groups is 1. The first-order valence-corrected chi connectivity index (χ1v) is 15.5. The van der Waals surface area contributed by atoms with Gasteiger partial charge in [0.1, 0.15) is 11.6 Å². The number of halogens is 1. The van der Waals surface area contributed by atoms with Crippen LogP contribution in [0.1, 0.15) is 30.2 Å². The van der Waals surface area contributed by atoms with Crippen LogP contribution in [0.2, 0.25) is 0 Å². The number of fused-ring (bicyclic) bond motifs is 1. The molecule has 1 amide bonds. The van der Waals surface area contributed by atoms with E-state index < -0.39 is 0 Å². The molecule has 0 saturated carbocycles. The van der Waals surface area contributed by atoms with Gasteiger partial charge in [0.2, 0.25) is 5.91 Å². The maximum Gasteiger partial charge on any atom is 0.246 e. The van der Waals surface area contributed by atoms with Crippen molar-refractivity contribution in [3.8, 4) is 5.75 Å². The second-order valence-corrected chi connectivity index (χ2v) is 11.6. The number of aromatic nitrogens is 1. The van der Waals surface area contributed by atoms with E-state index in [1.165, 1.54) is 23.3 Å². The number of rotatable bonds is 11. The SMILES string of the molecule is CCOc1ccc2c(c1)c(C=CC(=O)N1CCN(CCc3ccc(F)cc3)CC1)c(C)n2CCCN1CCN(C)CC1. The fourth-order valence-electron chi connectivity index (χ4n) is 6.16. The zero-order valence-corrected chi connectivity index (χ0v) is 25.5. The first-order chi connectivity index (χ1) is 20.4. The number of amides is 1. The fraction of sp³-hybridized carbons (Fsp3) is 0.500. The van der Waals surface area contributed by atoms with Crippen LogP contribution in [0, 0.1) is 12.7 Å². The number of piperazine rings is 2. The zero-order chi connectivity index (χ0) is 29.5. The molecule has 2 aromatic carbocycles. The molecule has 0 radical (unpaired) electrons. The highest BCUT2D eigenvalue weighted by atomic mass is 19.1. The van der Waals surface area contributed by atoms with Crippen molar-refractivity contribution in [1.82, 2.24) is 24.2 Å². The lowest BCUT2D eigenvalue weighted by molar-refractivity contribution is -0.127. The van der Waals surface area contributed by atoms with Crippen LogP contribution in [0.25, 0.3) is 17.0 Å². The number of hydrogen-bond acceptors (Lipinski definition) is 5. The Bertz CT molecular complexity index is 1350. The molecule has 0 bridgehead atoms. The summed E-state index contributed by atoms with van der Waals surface area (Å²) in [6.45, 7) is 15.4. The molecular formula is C34H46FN5O2. The molecule has 2 aliphatic rings. The number of hydrogen-bond donors (Lipinski definition) is 0. The lowest BCUT2D eigenvalue weighted by Gasteiger charge is -2.34. The molecule has 0 aliphatic carbocycles. The Morgan fingerprint density at radius 3 is 2.31 bits per heavy atom. The van der Waals surface area contributed by atoms with Crippen molar-refractivity contribution in [3.05, 3.63) is 71.2 Å². The van der Waals surface area contributed by atoms with E-state index in [4.69, 9.17) is 4.74 Å². The number of carbonyl (C=O) groups excluding carboxylic acids is 1. The van der Waals surface area contributed by atoms with E-state index in [-0.39, 0.29) is 11.7 Å². The van der Waals surface area contributed by atoms with Gasteiger partial charge in [0.25, 0.3) is 0 Å². The molecule has 3 aromatic rings. The summed E-state index contributed by atoms with van der Waals surface area (Å²) in [6.07, 6.45) is 5.73. The average molecular weight is 576 g/mol. The molecule has 42 heavy (non-hydrogen) atoms. The van der Waals surface area contributed by atoms with E-state index >= 15 is 0 Å². The molecule has 2 saturated heterocycles. The molecule has 5 rings (SSSR count). The fourth-order valence-corrected chi connectivity index (χ4v) is 6.16. The van der Waals surface area contributed by atoms with Gasteiger partial charge in [-0.2, -0.15) is 0 Å². The van der Waals surface area contributed by atoms with Crippen molar-refractivity contribution >= 4 is 22.9 Å². The number of benzene rings is 2. The van der Waals surface area contributed by atoms with Gasteiger partial charge in [-0.1, -0.05) is 12.1 Å². The van der Waals surface area contributed by atoms with E-state index in [2.05, 4.69) is 51.4 Å². The van der Waals surface area contributed by atoms with E-state index in [1.54, 1.807) is 6.08 Å². The summed E-state index contributed by atoms with van der Waals surface area (Å²) < 4.78 is 21.4. The van der Waals surface area contributed by atoms with Gasteiger partial charge < -0.3 is 24.0 Å². The van der Waals surface area contributed by atoms with Gasteiger partial charge in [0.05, 0.1) is 6.61 Å². The van der Waals surface area contributed by atoms with Crippen molar-refractivity contribution in [2.24, 2.45) is 0 Å². The smallest absolute Gasteiger partial charge is 0.246 e. The maximum absolute atomic E-state index is 13.2. The summed E-state index contributed by atoms with van der Waals surface area (Å²) in [5.41, 5.74) is 4.61. The molecule has 2 aliphatic heterocycles. The molecule has 0 spiro atoms. The third kappa shape index (κ3) is 7.60. The minimum atomic E-state index is -0.199. The summed E-state index contributed by atoms with van der Waals surface area (Å²) in [7, 11) is 2.20. The normalized spacial score (nSPS) is 17.5. The molecular weight excluding hydrogens is 529 g/mol. The Morgan fingerprint density at radius 2 is 1.60 bits per heavy atom. The standard InChI is InChI=1S/C34H46FN5O2/c1-4-42-30-10-12-33-32(26-30)31(27(2)40(33)16-5-15-37-20-18-36(3)19-21-37)11-13-34(41)39-24-22-38(23-25-39)17-14-28-6-8-29(35)9-7-28/h6-13,26H,4-5,14-25H2,1-3H3. The molecule has 2 fully saturated rings. The van der Waals surface area contributed by atoms with Gasteiger partial charge in [-0.15, -0.1) is 0 Å². The van der Waals surface area contributed by atoms with Gasteiger partial charge in [0.15, 0.2) is 0 Å². The van der Waals surface area contributed by atoms with Gasteiger partial charge in [-0.05, 0) is 82.3 Å². The Morgan fingerprint density at radius 1 is 0.905 bits per heavy atom. The second-order valence-electron chi connectivity index (χ2n) is 11.6. The van der Waals surface area contributed by atoms with E-state index in [0.717, 1.165) is 94.0 Å². The highest BCUT2D eigenvalue weighted by Crippen LogP contribution is 2.31. The van der Waals surface area contributed by atoms with Crippen molar-refractivity contribution < 1.29 is 13.9 Å². The highest BCUT2D eigenvalue weighted by molar-refractivity contribution is 5.98. The third-order valence-corrected chi connectivity index (χ3v) is 8.81. The highest BCUT2D eigenvalue weighted by Gasteiger charge is 2.20. The lowest BCUT2D eigenvalue weighted by Crippen LogP contribution is -2.48. The number of nitrogens with zero attached hydrogens (tertiary/aromatic N) is 5. The Hall–Kier alpha value is -3.20. The van der Waals surface area contributed by atoms with Crippen LogP contribution in [-0.2, 0) is 17.8 Å². The number of aryl methyl sites for hydroxylation is 1. The second kappa shape index (κ2) is 14.3. The monoisotopic (exact) mass is 575 g/mol. The number of ether oxygens (including phenoxy) is 1. The number of likely N-dealkylation sites (N-methyl/N-ethyl adjacent to an activating group) is 1. The van der Waals surface area contributed by atoms with Crippen LogP contribution < -0.4 is 4.74 Å². The van der Waals surface area contributed by atoms with Gasteiger partial charge in [-0.3, -0.25) is 9.69 Å². The van der Waals surface area contributed by atoms with Crippen molar-refractivity contribution in [2.75, 3.05) is 79.1 Å². The summed E-state index contributed by atoms with van der Waals surface area (Å²) in [5.74, 6) is 0.719. The minimum absolute atomic E-state index is 0.0597. The molecule has 226 valence electrons. The minimum Gasteiger partial charge on any atom is -0.494 e. The van der Waals surface area contributed by atoms with E-state index in [1.807, 2.05) is 30.0 Å². The van der Waals surface area contributed by atoms with Crippen LogP contribution in [0.15, 0.2) is 48.5 Å². The van der Waals surface area contributed by atoms with Crippen LogP contribution in [0.4, 0.5) is 4.39 Å². The Labute approximate surface area is 250 Å². The van der Waals surface area contributed by atoms with Crippen LogP contribution >= 0.6 is 0 Å². The van der Waals surface area contributed by atoms with Crippen LogP contribution in [0.5, 0.6) is 5.75 Å². The summed E-state index contributed by atoms with van der Waals surface area (Å²) >= 11 is 0. The molecule has 0 N–H and O–H groups in total. The average Bonchev–Trinajstić information content (AvgIpc) is 3.26. The third-order valence-electron chi connectivity index (χ3n) is 8.81. The maximum atomic E-state index is 13.2. The van der Waals surface area contributed by atoms with Gasteiger partial charge in [0, 0.05) is 93.7 Å².